The van der Waals surface area contributed by atoms with E-state index in [1.54, 1.807) is 0 Å². The predicted octanol–water partition coefficient (Wildman–Crippen LogP) is 3.66. The number of carbonyl (C=O) groups excluding carboxylic acids is 1. The van der Waals surface area contributed by atoms with Crippen LogP contribution in [-0.2, 0) is 17.6 Å². The van der Waals surface area contributed by atoms with Crippen molar-refractivity contribution in [2.24, 2.45) is 5.92 Å². The van der Waals surface area contributed by atoms with Gasteiger partial charge in [-0.2, -0.15) is 13.2 Å². The predicted molar refractivity (Wildman–Crippen MR) is 148 cm³/mol. The van der Waals surface area contributed by atoms with E-state index in [1.807, 2.05) is 55.6 Å². The second-order valence-electron chi connectivity index (χ2n) is 10.1. The third-order valence-electron chi connectivity index (χ3n) is 7.27. The zero-order valence-corrected chi connectivity index (χ0v) is 25.9. The van der Waals surface area contributed by atoms with Crippen molar-refractivity contribution < 1.29 is 57.4 Å². The molecule has 0 aliphatic carbocycles. The molecule has 1 saturated heterocycles. The summed E-state index contributed by atoms with van der Waals surface area (Å²) in [4.78, 5) is 18.1. The molecule has 0 N–H and O–H groups in total. The van der Waals surface area contributed by atoms with Crippen molar-refractivity contribution in [3.63, 3.8) is 0 Å². The third kappa shape index (κ3) is 7.33. The first kappa shape index (κ1) is 31.1. The Bertz CT molecular complexity index is 1510. The van der Waals surface area contributed by atoms with Gasteiger partial charge < -0.3 is 19.5 Å². The molecular formula is C31H28F3N2NaO3S. The minimum Gasteiger partial charge on any atom is -0.550 e. The molecule has 5 rings (SSSR count). The molecule has 1 aliphatic heterocycles. The van der Waals surface area contributed by atoms with Gasteiger partial charge in [-0.05, 0) is 73.2 Å². The molecule has 1 fully saturated rings. The minimum atomic E-state index is -4.36. The van der Waals surface area contributed by atoms with Crippen molar-refractivity contribution in [2.45, 2.75) is 39.5 Å². The largest absolute Gasteiger partial charge is 1.00 e. The smallest absolute Gasteiger partial charge is 0.550 e. The van der Waals surface area contributed by atoms with Gasteiger partial charge in [0.1, 0.15) is 12.4 Å². The maximum atomic E-state index is 12.9. The topological polar surface area (TPSA) is 65.5 Å². The van der Waals surface area contributed by atoms with Crippen LogP contribution in [-0.4, -0.2) is 24.0 Å². The standard InChI is InChI=1S/C31H29F3N2O3S.Na/c1-19-3-10-28(26(15-19)27-18-40-30(35-27)36-13-11-22(12-14-36)29(37)38)39-17-24-5-4-23(16-20(24)2)21-6-8-25(9-7-21)31(32,33)34;/h3-10,15-16,18,22H,11-14,17H2,1-2H3,(H,37,38);/q;+1/p-1. The second kappa shape index (κ2) is 13.0. The number of aryl methyl sites for hydroxylation is 2. The van der Waals surface area contributed by atoms with Crippen LogP contribution < -0.4 is 44.3 Å². The summed E-state index contributed by atoms with van der Waals surface area (Å²) in [7, 11) is 0. The Labute approximate surface area is 263 Å². The van der Waals surface area contributed by atoms with Gasteiger partial charge in [0.2, 0.25) is 0 Å². The Morgan fingerprint density at radius 2 is 1.71 bits per heavy atom. The summed E-state index contributed by atoms with van der Waals surface area (Å²) in [6.07, 6.45) is -3.26. The van der Waals surface area contributed by atoms with Crippen molar-refractivity contribution >= 4 is 22.4 Å². The van der Waals surface area contributed by atoms with Crippen LogP contribution >= 0.6 is 11.3 Å². The van der Waals surface area contributed by atoms with E-state index in [0.29, 0.717) is 43.9 Å². The summed E-state index contributed by atoms with van der Waals surface area (Å²) in [6, 6.07) is 16.9. The van der Waals surface area contributed by atoms with Gasteiger partial charge >= 0.3 is 35.7 Å². The molecule has 4 aromatic rings. The number of aromatic nitrogens is 1. The van der Waals surface area contributed by atoms with Crippen LogP contribution in [0.15, 0.2) is 66.0 Å². The Balaban J connectivity index is 0.00000387. The van der Waals surface area contributed by atoms with Crippen LogP contribution in [0.25, 0.3) is 22.4 Å². The van der Waals surface area contributed by atoms with Gasteiger partial charge in [0.25, 0.3) is 0 Å². The van der Waals surface area contributed by atoms with Crippen LogP contribution in [0.4, 0.5) is 18.3 Å². The van der Waals surface area contributed by atoms with Crippen LogP contribution in [0.3, 0.4) is 0 Å². The molecule has 1 aromatic heterocycles. The summed E-state index contributed by atoms with van der Waals surface area (Å²) >= 11 is 1.53. The van der Waals surface area contributed by atoms with E-state index in [4.69, 9.17) is 9.72 Å². The maximum absolute atomic E-state index is 12.9. The molecule has 2 heterocycles. The number of aliphatic carboxylic acids is 1. The number of carboxylic acids is 1. The number of benzene rings is 3. The zero-order chi connectivity index (χ0) is 28.4. The van der Waals surface area contributed by atoms with E-state index in [-0.39, 0.29) is 29.6 Å². The van der Waals surface area contributed by atoms with Crippen LogP contribution in [0.5, 0.6) is 5.75 Å². The number of carboxylic acid groups (broad SMARTS) is 1. The van der Waals surface area contributed by atoms with Gasteiger partial charge in [0.15, 0.2) is 5.13 Å². The molecule has 0 bridgehead atoms. The first-order valence-electron chi connectivity index (χ1n) is 13.0. The molecule has 0 saturated carbocycles. The van der Waals surface area contributed by atoms with Gasteiger partial charge in [-0.3, -0.25) is 0 Å². The van der Waals surface area contributed by atoms with Gasteiger partial charge in [-0.15, -0.1) is 11.3 Å². The maximum Gasteiger partial charge on any atom is 1.00 e. The number of hydrogen-bond donors (Lipinski definition) is 0. The number of carbonyl (C=O) groups is 1. The van der Waals surface area contributed by atoms with Crippen LogP contribution in [0.2, 0.25) is 0 Å². The summed E-state index contributed by atoms with van der Waals surface area (Å²) < 4.78 is 45.0. The van der Waals surface area contributed by atoms with E-state index in [0.717, 1.165) is 50.8 Å². The van der Waals surface area contributed by atoms with Crippen LogP contribution in [0, 0.1) is 19.8 Å². The number of anilines is 1. The van der Waals surface area contributed by atoms with E-state index in [2.05, 4.69) is 4.90 Å². The average molecular weight is 589 g/mol. The number of piperidine rings is 1. The number of alkyl halides is 3. The molecule has 0 amide bonds. The monoisotopic (exact) mass is 588 g/mol. The Morgan fingerprint density at radius 1 is 1.02 bits per heavy atom. The SMILES string of the molecule is Cc1ccc(OCc2ccc(-c3ccc(C(F)(F)F)cc3)cc2C)c(-c2csc(N3CCC(C(=O)[O-])CC3)n2)c1.[Na+]. The second-order valence-corrected chi connectivity index (χ2v) is 10.9. The van der Waals surface area contributed by atoms with Gasteiger partial charge in [0.05, 0.1) is 11.3 Å². The molecule has 0 unspecified atom stereocenters. The van der Waals surface area contributed by atoms with Crippen molar-refractivity contribution in [3.05, 3.63) is 88.3 Å². The summed E-state index contributed by atoms with van der Waals surface area (Å²) in [5, 5.41) is 14.0. The van der Waals surface area contributed by atoms with Crippen molar-refractivity contribution in [3.8, 4) is 28.1 Å². The number of thiazole rings is 1. The van der Waals surface area contributed by atoms with E-state index in [9.17, 15) is 23.1 Å². The van der Waals surface area contributed by atoms with Crippen molar-refractivity contribution in [1.82, 2.24) is 4.98 Å². The summed E-state index contributed by atoms with van der Waals surface area (Å²) in [5.74, 6) is -0.685. The van der Waals surface area contributed by atoms with Gasteiger partial charge in [0, 0.05) is 35.9 Å². The quantitative estimate of drug-likeness (QED) is 0.309. The molecule has 0 spiro atoms. The normalized spacial score (nSPS) is 14.0. The fraction of sp³-hybridized carbons (Fsp3) is 0.290. The Morgan fingerprint density at radius 3 is 2.34 bits per heavy atom. The molecule has 3 aromatic carbocycles. The number of halogens is 3. The Kier molecular flexibility index (Phi) is 9.85. The molecule has 41 heavy (non-hydrogen) atoms. The zero-order valence-electron chi connectivity index (χ0n) is 23.1. The summed E-state index contributed by atoms with van der Waals surface area (Å²) in [5.41, 5.74) is 5.58. The minimum absolute atomic E-state index is 0. The molecule has 5 nitrogen and oxygen atoms in total. The van der Waals surface area contributed by atoms with E-state index >= 15 is 0 Å². The van der Waals surface area contributed by atoms with Crippen LogP contribution in [0.1, 0.15) is 35.1 Å². The molecule has 208 valence electrons. The fourth-order valence-corrected chi connectivity index (χ4v) is 5.73. The average Bonchev–Trinajstić information content (AvgIpc) is 3.43. The fourth-order valence-electron chi connectivity index (χ4n) is 4.85. The van der Waals surface area contributed by atoms with Gasteiger partial charge in [-0.25, -0.2) is 4.98 Å². The first-order chi connectivity index (χ1) is 19.1. The molecule has 1 aliphatic rings. The number of rotatable bonds is 7. The third-order valence-corrected chi connectivity index (χ3v) is 8.17. The van der Waals surface area contributed by atoms with Gasteiger partial charge in [-0.1, -0.05) is 42.0 Å². The number of nitrogens with zero attached hydrogens (tertiary/aromatic N) is 2. The number of hydrogen-bond acceptors (Lipinski definition) is 6. The number of ether oxygens (including phenoxy) is 1. The van der Waals surface area contributed by atoms with E-state index in [1.165, 1.54) is 23.5 Å². The summed E-state index contributed by atoms with van der Waals surface area (Å²) in [6.45, 7) is 5.55. The molecule has 10 heteroatoms. The van der Waals surface area contributed by atoms with Crippen molar-refractivity contribution in [2.75, 3.05) is 18.0 Å². The molecule has 0 atom stereocenters. The molecule has 0 radical (unpaired) electrons. The van der Waals surface area contributed by atoms with E-state index < -0.39 is 23.6 Å². The first-order valence-corrected chi connectivity index (χ1v) is 13.9. The Hall–Kier alpha value is -2.85. The van der Waals surface area contributed by atoms with Crippen molar-refractivity contribution in [1.29, 1.82) is 0 Å². The molecular weight excluding hydrogens is 560 g/mol.